The number of amides is 1. The van der Waals surface area contributed by atoms with E-state index in [4.69, 9.17) is 5.26 Å². The average Bonchev–Trinajstić information content (AvgIpc) is 3.41. The number of nitrogens with one attached hydrogen (secondary N) is 1. The molecule has 1 N–H and O–H groups in total. The summed E-state index contributed by atoms with van der Waals surface area (Å²) in [5, 5.41) is 12.8. The van der Waals surface area contributed by atoms with Crippen molar-refractivity contribution in [2.24, 2.45) is 18.9 Å². The summed E-state index contributed by atoms with van der Waals surface area (Å²) < 4.78 is 1.95. The minimum absolute atomic E-state index is 0.323. The van der Waals surface area contributed by atoms with Crippen LogP contribution in [0, 0.1) is 30.1 Å². The maximum atomic E-state index is 12.3. The molecular formula is C19H28N4O. The number of hydrogen-bond donors (Lipinski definition) is 1. The van der Waals surface area contributed by atoms with E-state index in [1.165, 1.54) is 5.56 Å². The maximum absolute atomic E-state index is 12.3. The van der Waals surface area contributed by atoms with E-state index >= 15 is 0 Å². The molecule has 0 bridgehead atoms. The van der Waals surface area contributed by atoms with E-state index in [9.17, 15) is 4.79 Å². The van der Waals surface area contributed by atoms with Crippen LogP contribution in [0.2, 0.25) is 0 Å². The van der Waals surface area contributed by atoms with Crippen molar-refractivity contribution < 1.29 is 4.79 Å². The number of nitriles is 1. The lowest BCUT2D eigenvalue weighted by atomic mass is 9.89. The van der Waals surface area contributed by atoms with Gasteiger partial charge in [0.1, 0.15) is 11.8 Å². The highest BCUT2D eigenvalue weighted by molar-refractivity contribution is 5.81. The van der Waals surface area contributed by atoms with Gasteiger partial charge in [0.15, 0.2) is 0 Å². The molecule has 1 aromatic heterocycles. The number of carbonyl (C=O) groups excluding carboxylic acids is 1. The molecule has 2 fully saturated rings. The molecule has 2 aliphatic rings. The summed E-state index contributed by atoms with van der Waals surface area (Å²) in [5.74, 6) is 1.22. The highest BCUT2D eigenvalue weighted by atomic mass is 16.2. The zero-order valence-corrected chi connectivity index (χ0v) is 15.0. The van der Waals surface area contributed by atoms with Crippen molar-refractivity contribution in [2.75, 3.05) is 13.1 Å². The number of hydrogen-bond acceptors (Lipinski definition) is 3. The fourth-order valence-corrected chi connectivity index (χ4v) is 3.79. The predicted octanol–water partition coefficient (Wildman–Crippen LogP) is 2.33. The van der Waals surface area contributed by atoms with Gasteiger partial charge in [-0.05, 0) is 43.7 Å². The lowest BCUT2D eigenvalue weighted by Crippen LogP contribution is -2.51. The second-order valence-electron chi connectivity index (χ2n) is 7.31. The predicted molar refractivity (Wildman–Crippen MR) is 93.2 cm³/mol. The van der Waals surface area contributed by atoms with Crippen molar-refractivity contribution in [1.29, 1.82) is 5.26 Å². The zero-order valence-electron chi connectivity index (χ0n) is 15.0. The third-order valence-corrected chi connectivity index (χ3v) is 5.81. The SMILES string of the molecule is CC[C@H]1CN(C(=O)C2CC2)CC[C@H]1NCc1cc(C#N)n(C)c1C. The van der Waals surface area contributed by atoms with E-state index in [1.807, 2.05) is 17.7 Å². The Hall–Kier alpha value is -1.80. The van der Waals surface area contributed by atoms with Crippen molar-refractivity contribution >= 4 is 5.91 Å². The molecule has 1 amide bonds. The van der Waals surface area contributed by atoms with Crippen LogP contribution in [0.5, 0.6) is 0 Å². The van der Waals surface area contributed by atoms with Gasteiger partial charge in [-0.25, -0.2) is 0 Å². The lowest BCUT2D eigenvalue weighted by Gasteiger charge is -2.39. The largest absolute Gasteiger partial charge is 0.342 e. The van der Waals surface area contributed by atoms with E-state index < -0.39 is 0 Å². The molecule has 1 saturated carbocycles. The molecule has 1 aliphatic carbocycles. The number of carbonyl (C=O) groups is 1. The minimum atomic E-state index is 0.323. The lowest BCUT2D eigenvalue weighted by molar-refractivity contribution is -0.134. The summed E-state index contributed by atoms with van der Waals surface area (Å²) >= 11 is 0. The van der Waals surface area contributed by atoms with Gasteiger partial charge in [0, 0.05) is 44.3 Å². The highest BCUT2D eigenvalue weighted by Crippen LogP contribution is 2.33. The van der Waals surface area contributed by atoms with Crippen LogP contribution in [0.25, 0.3) is 0 Å². The van der Waals surface area contributed by atoms with Gasteiger partial charge in [0.05, 0.1) is 0 Å². The summed E-state index contributed by atoms with van der Waals surface area (Å²) in [5.41, 5.74) is 3.05. The maximum Gasteiger partial charge on any atom is 0.225 e. The second-order valence-corrected chi connectivity index (χ2v) is 7.31. The summed E-state index contributed by atoms with van der Waals surface area (Å²) in [6.07, 6.45) is 4.28. The molecule has 5 heteroatoms. The summed E-state index contributed by atoms with van der Waals surface area (Å²) in [7, 11) is 1.94. The Balaban J connectivity index is 1.59. The molecule has 0 unspecified atom stereocenters. The van der Waals surface area contributed by atoms with Crippen LogP contribution in [0.15, 0.2) is 6.07 Å². The monoisotopic (exact) mass is 328 g/mol. The first kappa shape index (κ1) is 17.0. The molecule has 1 saturated heterocycles. The van der Waals surface area contributed by atoms with E-state index in [-0.39, 0.29) is 0 Å². The van der Waals surface area contributed by atoms with Gasteiger partial charge in [0.25, 0.3) is 0 Å². The van der Waals surface area contributed by atoms with Crippen molar-refractivity contribution in [1.82, 2.24) is 14.8 Å². The average molecular weight is 328 g/mol. The van der Waals surface area contributed by atoms with E-state index in [0.717, 1.165) is 51.0 Å². The molecule has 0 radical (unpaired) electrons. The van der Waals surface area contributed by atoms with Gasteiger partial charge in [-0.15, -0.1) is 0 Å². The number of nitrogens with zero attached hydrogens (tertiary/aromatic N) is 3. The fraction of sp³-hybridized carbons (Fsp3) is 0.684. The van der Waals surface area contributed by atoms with E-state index in [0.29, 0.717) is 29.5 Å². The fourth-order valence-electron chi connectivity index (χ4n) is 3.79. The molecule has 5 nitrogen and oxygen atoms in total. The molecule has 2 atom stereocenters. The summed E-state index contributed by atoms with van der Waals surface area (Å²) in [4.78, 5) is 14.4. The summed E-state index contributed by atoms with van der Waals surface area (Å²) in [6, 6.07) is 4.67. The van der Waals surface area contributed by atoms with Crippen molar-refractivity contribution in [3.05, 3.63) is 23.0 Å². The topological polar surface area (TPSA) is 61.1 Å². The molecule has 2 heterocycles. The Morgan fingerprint density at radius 2 is 2.17 bits per heavy atom. The summed E-state index contributed by atoms with van der Waals surface area (Å²) in [6.45, 7) is 6.83. The van der Waals surface area contributed by atoms with Crippen LogP contribution < -0.4 is 5.32 Å². The zero-order chi connectivity index (χ0) is 17.3. The minimum Gasteiger partial charge on any atom is -0.342 e. The third-order valence-electron chi connectivity index (χ3n) is 5.81. The van der Waals surface area contributed by atoms with Gasteiger partial charge < -0.3 is 14.8 Å². The van der Waals surface area contributed by atoms with Gasteiger partial charge in [-0.1, -0.05) is 13.3 Å². The van der Waals surface area contributed by atoms with Gasteiger partial charge in [-0.3, -0.25) is 4.79 Å². The van der Waals surface area contributed by atoms with Crippen molar-refractivity contribution in [2.45, 2.75) is 52.1 Å². The normalized spacial score (nSPS) is 24.0. The highest BCUT2D eigenvalue weighted by Gasteiger charge is 2.37. The van der Waals surface area contributed by atoms with Crippen LogP contribution in [-0.4, -0.2) is 34.5 Å². The first-order chi connectivity index (χ1) is 11.5. The van der Waals surface area contributed by atoms with Crippen LogP contribution in [0.1, 0.15) is 49.6 Å². The second kappa shape index (κ2) is 6.98. The molecule has 24 heavy (non-hydrogen) atoms. The van der Waals surface area contributed by atoms with E-state index in [2.05, 4.69) is 30.1 Å². The smallest absolute Gasteiger partial charge is 0.225 e. The molecule has 130 valence electrons. The van der Waals surface area contributed by atoms with Crippen molar-refractivity contribution in [3.8, 4) is 6.07 Å². The third kappa shape index (κ3) is 3.34. The first-order valence-corrected chi connectivity index (χ1v) is 9.12. The number of rotatable bonds is 5. The van der Waals surface area contributed by atoms with Crippen molar-refractivity contribution in [3.63, 3.8) is 0 Å². The van der Waals surface area contributed by atoms with Crippen LogP contribution in [0.3, 0.4) is 0 Å². The molecule has 0 aromatic carbocycles. The molecule has 0 spiro atoms. The first-order valence-electron chi connectivity index (χ1n) is 9.12. The van der Waals surface area contributed by atoms with Gasteiger partial charge in [0.2, 0.25) is 5.91 Å². The Morgan fingerprint density at radius 1 is 1.42 bits per heavy atom. The van der Waals surface area contributed by atoms with Crippen LogP contribution in [0.4, 0.5) is 0 Å². The Labute approximate surface area is 144 Å². The number of likely N-dealkylation sites (tertiary alicyclic amines) is 1. The molecule has 3 rings (SSSR count). The van der Waals surface area contributed by atoms with Crippen LogP contribution >= 0.6 is 0 Å². The Kier molecular flexibility index (Phi) is 4.96. The number of piperidine rings is 1. The van der Waals surface area contributed by atoms with E-state index in [1.54, 1.807) is 0 Å². The molecular weight excluding hydrogens is 300 g/mol. The Morgan fingerprint density at radius 3 is 2.75 bits per heavy atom. The number of aromatic nitrogens is 1. The van der Waals surface area contributed by atoms with Crippen LogP contribution in [-0.2, 0) is 18.4 Å². The van der Waals surface area contributed by atoms with Gasteiger partial charge in [-0.2, -0.15) is 5.26 Å². The molecule has 1 aromatic rings. The van der Waals surface area contributed by atoms with Gasteiger partial charge >= 0.3 is 0 Å². The quantitative estimate of drug-likeness (QED) is 0.902. The Bertz CT molecular complexity index is 653. The molecule has 1 aliphatic heterocycles. The standard InChI is InChI=1S/C19H28N4O/c1-4-14-12-23(19(24)15-5-6-15)8-7-18(14)21-11-16-9-17(10-20)22(3)13(16)2/h9,14-15,18,21H,4-8,11-12H2,1-3H3/t14-,18+/m0/s1.